The number of carbonyl (C=O) groups is 1. The zero-order valence-corrected chi connectivity index (χ0v) is 8.54. The number of hydrogen-bond acceptors (Lipinski definition) is 2. The summed E-state index contributed by atoms with van der Waals surface area (Å²) in [5.74, 6) is 0. The number of urea groups is 1. The van der Waals surface area contributed by atoms with Crippen molar-refractivity contribution >= 4 is 11.7 Å². The van der Waals surface area contributed by atoms with Crippen LogP contribution in [0.1, 0.15) is 5.56 Å². The molecule has 0 spiro atoms. The van der Waals surface area contributed by atoms with Gasteiger partial charge in [0.05, 0.1) is 6.54 Å². The molecule has 16 heavy (non-hydrogen) atoms. The standard InChI is InChI=1S/C10H13F2N3O/c11-9(12)6-14-10(16)15-8-3-1-7(5-13)2-4-8/h1-4,9H,5-6,13H2,(H2,14,15,16). The normalized spacial score (nSPS) is 10.2. The van der Waals surface area contributed by atoms with E-state index < -0.39 is 19.0 Å². The molecule has 0 radical (unpaired) electrons. The van der Waals surface area contributed by atoms with E-state index in [4.69, 9.17) is 5.73 Å². The van der Waals surface area contributed by atoms with Gasteiger partial charge in [-0.05, 0) is 17.7 Å². The Kier molecular flexibility index (Phi) is 4.65. The van der Waals surface area contributed by atoms with Gasteiger partial charge in [0.2, 0.25) is 0 Å². The van der Waals surface area contributed by atoms with Crippen LogP contribution in [0.4, 0.5) is 19.3 Å². The van der Waals surface area contributed by atoms with E-state index in [9.17, 15) is 13.6 Å². The van der Waals surface area contributed by atoms with Crippen molar-refractivity contribution in [2.24, 2.45) is 5.73 Å². The molecule has 88 valence electrons. The summed E-state index contributed by atoms with van der Waals surface area (Å²) in [4.78, 5) is 11.1. The average molecular weight is 229 g/mol. The highest BCUT2D eigenvalue weighted by molar-refractivity contribution is 5.89. The Hall–Kier alpha value is -1.69. The van der Waals surface area contributed by atoms with Crippen LogP contribution in [0.15, 0.2) is 24.3 Å². The van der Waals surface area contributed by atoms with Crippen molar-refractivity contribution < 1.29 is 13.6 Å². The smallest absolute Gasteiger partial charge is 0.319 e. The van der Waals surface area contributed by atoms with E-state index in [1.165, 1.54) is 0 Å². The minimum Gasteiger partial charge on any atom is -0.332 e. The Morgan fingerprint density at radius 3 is 2.44 bits per heavy atom. The molecule has 1 aromatic rings. The quantitative estimate of drug-likeness (QED) is 0.733. The predicted octanol–water partition coefficient (Wildman–Crippen LogP) is 1.53. The average Bonchev–Trinajstić information content (AvgIpc) is 2.27. The molecule has 0 aliphatic carbocycles. The Morgan fingerprint density at radius 2 is 1.94 bits per heavy atom. The summed E-state index contributed by atoms with van der Waals surface area (Å²) in [5.41, 5.74) is 6.86. The van der Waals surface area contributed by atoms with Gasteiger partial charge in [-0.2, -0.15) is 0 Å². The molecular weight excluding hydrogens is 216 g/mol. The number of hydrogen-bond donors (Lipinski definition) is 3. The Morgan fingerprint density at radius 1 is 1.31 bits per heavy atom. The van der Waals surface area contributed by atoms with Gasteiger partial charge >= 0.3 is 6.03 Å². The summed E-state index contributed by atoms with van der Waals surface area (Å²) in [6.45, 7) is -0.245. The molecule has 4 N–H and O–H groups in total. The van der Waals surface area contributed by atoms with Crippen LogP contribution in [0, 0.1) is 0 Å². The van der Waals surface area contributed by atoms with E-state index >= 15 is 0 Å². The third-order valence-electron chi connectivity index (χ3n) is 1.86. The molecule has 1 rings (SSSR count). The second kappa shape index (κ2) is 6.02. The Labute approximate surface area is 91.8 Å². The van der Waals surface area contributed by atoms with Gasteiger partial charge in [-0.1, -0.05) is 12.1 Å². The maximum atomic E-state index is 11.8. The van der Waals surface area contributed by atoms with Crippen LogP contribution in [0.5, 0.6) is 0 Å². The number of benzene rings is 1. The number of amides is 2. The lowest BCUT2D eigenvalue weighted by Crippen LogP contribution is -2.32. The van der Waals surface area contributed by atoms with E-state index in [0.717, 1.165) is 5.56 Å². The number of anilines is 1. The number of carbonyl (C=O) groups excluding carboxylic acids is 1. The van der Waals surface area contributed by atoms with Crippen LogP contribution in [0.25, 0.3) is 0 Å². The third kappa shape index (κ3) is 4.22. The fourth-order valence-corrected chi connectivity index (χ4v) is 1.07. The minimum absolute atomic E-state index is 0.415. The van der Waals surface area contributed by atoms with E-state index in [0.29, 0.717) is 12.2 Å². The number of nitrogens with two attached hydrogens (primary N) is 1. The molecule has 2 amide bonds. The first-order valence-corrected chi connectivity index (χ1v) is 4.74. The molecule has 6 heteroatoms. The molecule has 0 aliphatic rings. The van der Waals surface area contributed by atoms with E-state index in [1.807, 2.05) is 5.32 Å². The lowest BCUT2D eigenvalue weighted by Gasteiger charge is -2.07. The molecule has 0 bridgehead atoms. The zero-order valence-electron chi connectivity index (χ0n) is 8.54. The first-order chi connectivity index (χ1) is 7.61. The van der Waals surface area contributed by atoms with Gasteiger partial charge in [-0.15, -0.1) is 0 Å². The molecule has 0 aromatic heterocycles. The van der Waals surface area contributed by atoms with Crippen molar-refractivity contribution in [3.05, 3.63) is 29.8 Å². The Bertz CT molecular complexity index is 340. The molecule has 0 saturated carbocycles. The number of halogens is 2. The first kappa shape index (κ1) is 12.4. The van der Waals surface area contributed by atoms with Crippen LogP contribution in [0.2, 0.25) is 0 Å². The van der Waals surface area contributed by atoms with Gasteiger partial charge in [0.25, 0.3) is 6.43 Å². The SMILES string of the molecule is NCc1ccc(NC(=O)NCC(F)F)cc1. The van der Waals surface area contributed by atoms with Crippen molar-refractivity contribution in [1.29, 1.82) is 0 Å². The molecule has 0 aliphatic heterocycles. The fraction of sp³-hybridized carbons (Fsp3) is 0.300. The molecule has 0 fully saturated rings. The van der Waals surface area contributed by atoms with E-state index in [2.05, 4.69) is 5.32 Å². The predicted molar refractivity (Wildman–Crippen MR) is 57.4 cm³/mol. The monoisotopic (exact) mass is 229 g/mol. The molecule has 0 saturated heterocycles. The highest BCUT2D eigenvalue weighted by Crippen LogP contribution is 2.08. The fourth-order valence-electron chi connectivity index (χ4n) is 1.07. The number of alkyl halides is 2. The maximum absolute atomic E-state index is 11.8. The summed E-state index contributed by atoms with van der Waals surface area (Å²) in [7, 11) is 0. The van der Waals surface area contributed by atoms with Crippen molar-refractivity contribution in [3.63, 3.8) is 0 Å². The maximum Gasteiger partial charge on any atom is 0.319 e. The highest BCUT2D eigenvalue weighted by atomic mass is 19.3. The second-order valence-corrected chi connectivity index (χ2v) is 3.13. The van der Waals surface area contributed by atoms with Crippen molar-refractivity contribution in [2.75, 3.05) is 11.9 Å². The summed E-state index contributed by atoms with van der Waals surface area (Å²) in [5, 5.41) is 4.46. The summed E-state index contributed by atoms with van der Waals surface area (Å²) in [6.07, 6.45) is -2.55. The van der Waals surface area contributed by atoms with E-state index in [-0.39, 0.29) is 0 Å². The van der Waals surface area contributed by atoms with Gasteiger partial charge in [0.15, 0.2) is 0 Å². The molecule has 0 unspecified atom stereocenters. The largest absolute Gasteiger partial charge is 0.332 e. The van der Waals surface area contributed by atoms with Crippen LogP contribution < -0.4 is 16.4 Å². The lowest BCUT2D eigenvalue weighted by atomic mass is 10.2. The number of rotatable bonds is 4. The summed E-state index contributed by atoms with van der Waals surface area (Å²) in [6, 6.07) is 6.17. The first-order valence-electron chi connectivity index (χ1n) is 4.74. The summed E-state index contributed by atoms with van der Waals surface area (Å²) >= 11 is 0. The lowest BCUT2D eigenvalue weighted by molar-refractivity contribution is 0.148. The van der Waals surface area contributed by atoms with Gasteiger partial charge < -0.3 is 16.4 Å². The minimum atomic E-state index is -2.55. The van der Waals surface area contributed by atoms with Crippen molar-refractivity contribution in [2.45, 2.75) is 13.0 Å². The molecule has 4 nitrogen and oxygen atoms in total. The molecular formula is C10H13F2N3O. The zero-order chi connectivity index (χ0) is 12.0. The number of nitrogens with one attached hydrogen (secondary N) is 2. The molecule has 0 atom stereocenters. The van der Waals surface area contributed by atoms with Gasteiger partial charge in [0, 0.05) is 12.2 Å². The van der Waals surface area contributed by atoms with Crippen molar-refractivity contribution in [3.8, 4) is 0 Å². The van der Waals surface area contributed by atoms with Crippen LogP contribution in [-0.4, -0.2) is 19.0 Å². The molecule has 1 aromatic carbocycles. The van der Waals surface area contributed by atoms with Crippen molar-refractivity contribution in [1.82, 2.24) is 5.32 Å². The van der Waals surface area contributed by atoms with Gasteiger partial charge in [-0.3, -0.25) is 0 Å². The van der Waals surface area contributed by atoms with Crippen LogP contribution in [0.3, 0.4) is 0 Å². The Balaban J connectivity index is 2.43. The summed E-state index contributed by atoms with van der Waals surface area (Å²) < 4.78 is 23.6. The third-order valence-corrected chi connectivity index (χ3v) is 1.86. The highest BCUT2D eigenvalue weighted by Gasteiger charge is 2.05. The van der Waals surface area contributed by atoms with Crippen LogP contribution in [-0.2, 0) is 6.54 Å². The van der Waals surface area contributed by atoms with E-state index in [1.54, 1.807) is 24.3 Å². The van der Waals surface area contributed by atoms with Gasteiger partial charge in [-0.25, -0.2) is 13.6 Å². The molecule has 0 heterocycles. The van der Waals surface area contributed by atoms with Crippen LogP contribution >= 0.6 is 0 Å². The second-order valence-electron chi connectivity index (χ2n) is 3.13. The topological polar surface area (TPSA) is 67.1 Å². The van der Waals surface area contributed by atoms with Gasteiger partial charge in [0.1, 0.15) is 0 Å².